The van der Waals surface area contributed by atoms with E-state index in [0.29, 0.717) is 12.8 Å². The van der Waals surface area contributed by atoms with Gasteiger partial charge in [0.1, 0.15) is 17.4 Å². The van der Waals surface area contributed by atoms with Crippen LogP contribution in [0.2, 0.25) is 0 Å². The van der Waals surface area contributed by atoms with Gasteiger partial charge < -0.3 is 10.4 Å². The summed E-state index contributed by atoms with van der Waals surface area (Å²) in [6, 6.07) is 9.10. The first-order valence-electron chi connectivity index (χ1n) is 12.7. The Balaban J connectivity index is 1.56. The standard InChI is InChI=1S/C29H22F5N5O3/c1-28-8-3-9-39(28)38(15-17-4-2-5-21(30)24(17)31)27(42)23(25(28)40)26(41)37-22-7-6-19(29(32,33)34)11-20(22)18-10-16(12-35)13-36-14-18/h2,4-7,10-11,13-14,40H,3,8-9,15H2,1H3,(H,37,41). The number of nitrogens with one attached hydrogen (secondary N) is 1. The topological polar surface area (TPSA) is 110 Å². The van der Waals surface area contributed by atoms with E-state index in [-0.39, 0.29) is 34.5 Å². The number of benzene rings is 2. The largest absolute Gasteiger partial charge is 0.509 e. The van der Waals surface area contributed by atoms with Gasteiger partial charge in [0.15, 0.2) is 11.6 Å². The van der Waals surface area contributed by atoms with E-state index < -0.39 is 58.6 Å². The van der Waals surface area contributed by atoms with Crippen molar-refractivity contribution in [3.05, 3.63) is 94.5 Å². The molecule has 2 amide bonds. The maximum Gasteiger partial charge on any atom is 0.416 e. The minimum absolute atomic E-state index is 0.0551. The first kappa shape index (κ1) is 28.7. The summed E-state index contributed by atoms with van der Waals surface area (Å²) in [7, 11) is 0. The van der Waals surface area contributed by atoms with Crippen LogP contribution in [0.3, 0.4) is 0 Å². The highest BCUT2D eigenvalue weighted by molar-refractivity contribution is 6.24. The van der Waals surface area contributed by atoms with Crippen LogP contribution in [-0.2, 0) is 22.3 Å². The fourth-order valence-corrected chi connectivity index (χ4v) is 5.28. The summed E-state index contributed by atoms with van der Waals surface area (Å²) >= 11 is 0. The second-order valence-electron chi connectivity index (χ2n) is 10.1. The van der Waals surface area contributed by atoms with E-state index in [1.54, 1.807) is 6.92 Å². The number of aliphatic hydroxyl groups is 1. The summed E-state index contributed by atoms with van der Waals surface area (Å²) in [6.07, 6.45) is -1.48. The molecule has 0 radical (unpaired) electrons. The van der Waals surface area contributed by atoms with E-state index >= 15 is 0 Å². The lowest BCUT2D eigenvalue weighted by Crippen LogP contribution is -2.60. The molecule has 3 aromatic rings. The molecule has 1 aromatic heterocycles. The number of aliphatic hydroxyl groups excluding tert-OH is 1. The van der Waals surface area contributed by atoms with Crippen LogP contribution in [0.5, 0.6) is 0 Å². The zero-order valence-electron chi connectivity index (χ0n) is 22.0. The first-order valence-corrected chi connectivity index (χ1v) is 12.7. The molecule has 0 saturated carbocycles. The first-order chi connectivity index (χ1) is 19.8. The molecule has 216 valence electrons. The van der Waals surface area contributed by atoms with Crippen LogP contribution >= 0.6 is 0 Å². The molecule has 0 spiro atoms. The van der Waals surface area contributed by atoms with Crippen molar-refractivity contribution in [2.45, 2.75) is 38.0 Å². The number of fused-ring (bicyclic) bond motifs is 1. The summed E-state index contributed by atoms with van der Waals surface area (Å²) in [6.45, 7) is 1.43. The third kappa shape index (κ3) is 4.94. The molecule has 3 heterocycles. The molecule has 13 heteroatoms. The molecule has 2 N–H and O–H groups in total. The van der Waals surface area contributed by atoms with Gasteiger partial charge in [0.2, 0.25) is 0 Å². The molecule has 1 fully saturated rings. The normalized spacial score (nSPS) is 19.1. The molecule has 42 heavy (non-hydrogen) atoms. The number of anilines is 1. The van der Waals surface area contributed by atoms with Crippen molar-refractivity contribution in [2.75, 3.05) is 11.9 Å². The Morgan fingerprint density at radius 2 is 1.95 bits per heavy atom. The van der Waals surface area contributed by atoms with Crippen LogP contribution in [0.1, 0.15) is 36.5 Å². The molecule has 1 unspecified atom stereocenters. The van der Waals surface area contributed by atoms with Crippen molar-refractivity contribution in [3.8, 4) is 17.2 Å². The molecule has 2 aliphatic heterocycles. The molecule has 2 aliphatic rings. The fourth-order valence-electron chi connectivity index (χ4n) is 5.28. The third-order valence-corrected chi connectivity index (χ3v) is 7.44. The molecule has 1 saturated heterocycles. The summed E-state index contributed by atoms with van der Waals surface area (Å²) in [5.74, 6) is -4.98. The second kappa shape index (κ2) is 10.5. The van der Waals surface area contributed by atoms with Gasteiger partial charge >= 0.3 is 6.18 Å². The van der Waals surface area contributed by atoms with Crippen molar-refractivity contribution < 1.29 is 36.6 Å². The number of carbonyl (C=O) groups excluding carboxylic acids is 2. The zero-order chi connectivity index (χ0) is 30.4. The number of hydrogen-bond donors (Lipinski definition) is 2. The molecule has 5 rings (SSSR count). The van der Waals surface area contributed by atoms with Gasteiger partial charge in [0.25, 0.3) is 11.8 Å². The minimum atomic E-state index is -4.73. The van der Waals surface area contributed by atoms with Crippen LogP contribution in [-0.4, -0.2) is 44.0 Å². The number of rotatable bonds is 5. The zero-order valence-corrected chi connectivity index (χ0v) is 22.0. The third-order valence-electron chi connectivity index (χ3n) is 7.44. The van der Waals surface area contributed by atoms with E-state index in [1.807, 2.05) is 6.07 Å². The van der Waals surface area contributed by atoms with Gasteiger partial charge in [-0.1, -0.05) is 12.1 Å². The highest BCUT2D eigenvalue weighted by Gasteiger charge is 2.52. The van der Waals surface area contributed by atoms with Crippen LogP contribution in [0, 0.1) is 23.0 Å². The Labute approximate surface area is 236 Å². The van der Waals surface area contributed by atoms with Crippen LogP contribution in [0.25, 0.3) is 11.1 Å². The Kier molecular flexibility index (Phi) is 7.20. The monoisotopic (exact) mass is 583 g/mol. The van der Waals surface area contributed by atoms with Crippen molar-refractivity contribution >= 4 is 17.5 Å². The van der Waals surface area contributed by atoms with Gasteiger partial charge in [-0.3, -0.25) is 19.6 Å². The highest BCUT2D eigenvalue weighted by atomic mass is 19.4. The fraction of sp³-hybridized carbons (Fsp3) is 0.241. The molecule has 0 aliphatic carbocycles. The van der Waals surface area contributed by atoms with E-state index in [4.69, 9.17) is 0 Å². The number of amides is 2. The molecule has 1 atom stereocenters. The van der Waals surface area contributed by atoms with Gasteiger partial charge in [-0.25, -0.2) is 13.8 Å². The molecular formula is C29H22F5N5O3. The quantitative estimate of drug-likeness (QED) is 0.304. The number of hydrazine groups is 1. The van der Waals surface area contributed by atoms with Gasteiger partial charge in [0, 0.05) is 41.3 Å². The van der Waals surface area contributed by atoms with E-state index in [0.717, 1.165) is 29.3 Å². The van der Waals surface area contributed by atoms with Crippen molar-refractivity contribution in [3.63, 3.8) is 0 Å². The Morgan fingerprint density at radius 1 is 1.19 bits per heavy atom. The van der Waals surface area contributed by atoms with Crippen molar-refractivity contribution in [1.82, 2.24) is 15.0 Å². The number of nitrogens with zero attached hydrogens (tertiary/aromatic N) is 4. The number of aromatic nitrogens is 1. The predicted molar refractivity (Wildman–Crippen MR) is 139 cm³/mol. The number of halogens is 5. The number of alkyl halides is 3. The Bertz CT molecular complexity index is 1680. The number of hydrogen-bond acceptors (Lipinski definition) is 6. The van der Waals surface area contributed by atoms with Gasteiger partial charge in [0.05, 0.1) is 23.2 Å². The lowest BCUT2D eigenvalue weighted by Gasteiger charge is -2.46. The predicted octanol–water partition coefficient (Wildman–Crippen LogP) is 5.48. The molecule has 0 bridgehead atoms. The maximum absolute atomic E-state index is 14.5. The Morgan fingerprint density at radius 3 is 2.67 bits per heavy atom. The van der Waals surface area contributed by atoms with Crippen molar-refractivity contribution in [1.29, 1.82) is 5.26 Å². The molecule has 8 nitrogen and oxygen atoms in total. The lowest BCUT2D eigenvalue weighted by atomic mass is 9.90. The number of pyridine rings is 1. The Hall–Kier alpha value is -4.83. The average Bonchev–Trinajstić information content (AvgIpc) is 3.36. The molecule has 2 aromatic carbocycles. The minimum Gasteiger partial charge on any atom is -0.509 e. The summed E-state index contributed by atoms with van der Waals surface area (Å²) in [5.41, 5.74) is -3.28. The van der Waals surface area contributed by atoms with Crippen molar-refractivity contribution in [2.24, 2.45) is 0 Å². The summed E-state index contributed by atoms with van der Waals surface area (Å²) < 4.78 is 69.1. The van der Waals surface area contributed by atoms with E-state index in [2.05, 4.69) is 10.3 Å². The highest BCUT2D eigenvalue weighted by Crippen LogP contribution is 2.42. The van der Waals surface area contributed by atoms with Crippen LogP contribution in [0.4, 0.5) is 27.6 Å². The maximum atomic E-state index is 14.5. The van der Waals surface area contributed by atoms with Gasteiger partial charge in [-0.15, -0.1) is 0 Å². The van der Waals surface area contributed by atoms with Crippen LogP contribution in [0.15, 0.2) is 66.2 Å². The SMILES string of the molecule is CC12CCCN1N(Cc1cccc(F)c1F)C(=O)C(C(=O)Nc1ccc(C(F)(F)F)cc1-c1cncc(C#N)c1)=C2O. The summed E-state index contributed by atoms with van der Waals surface area (Å²) in [4.78, 5) is 31.2. The molecular weight excluding hydrogens is 561 g/mol. The average molecular weight is 584 g/mol. The van der Waals surface area contributed by atoms with Gasteiger partial charge in [-0.2, -0.15) is 18.4 Å². The smallest absolute Gasteiger partial charge is 0.416 e. The number of carbonyl (C=O) groups is 2. The second-order valence-corrected chi connectivity index (χ2v) is 10.1. The van der Waals surface area contributed by atoms with E-state index in [9.17, 15) is 41.9 Å². The van der Waals surface area contributed by atoms with Gasteiger partial charge in [-0.05, 0) is 50.1 Å². The van der Waals surface area contributed by atoms with E-state index in [1.165, 1.54) is 35.6 Å². The lowest BCUT2D eigenvalue weighted by molar-refractivity contribution is -0.160. The summed E-state index contributed by atoms with van der Waals surface area (Å²) in [5, 5.41) is 25.4. The van der Waals surface area contributed by atoms with Crippen LogP contribution < -0.4 is 5.32 Å². The number of nitriles is 1.